The molecule has 0 heterocycles. The van der Waals surface area contributed by atoms with E-state index in [1.54, 1.807) is 6.92 Å². The maximum Gasteiger partial charge on any atom is 1.00 e. The summed E-state index contributed by atoms with van der Waals surface area (Å²) in [5.41, 5.74) is -0.101. The van der Waals surface area contributed by atoms with Crippen LogP contribution in [0.25, 0.3) is 0 Å². The SMILES string of the molecule is CC(C)C(C)(C(=O)[O-])c1ccccc1.[K+]. The summed E-state index contributed by atoms with van der Waals surface area (Å²) in [5.74, 6) is -1.01. The van der Waals surface area contributed by atoms with Crippen molar-refractivity contribution in [1.82, 2.24) is 0 Å². The van der Waals surface area contributed by atoms with Gasteiger partial charge in [-0.2, -0.15) is 0 Å². The van der Waals surface area contributed by atoms with E-state index < -0.39 is 11.4 Å². The molecule has 0 aliphatic carbocycles. The van der Waals surface area contributed by atoms with Crippen LogP contribution in [-0.4, -0.2) is 5.97 Å². The van der Waals surface area contributed by atoms with Crippen LogP contribution >= 0.6 is 0 Å². The topological polar surface area (TPSA) is 40.1 Å². The molecule has 1 unspecified atom stereocenters. The van der Waals surface area contributed by atoms with Crippen molar-refractivity contribution in [3.8, 4) is 0 Å². The van der Waals surface area contributed by atoms with Crippen molar-refractivity contribution in [2.45, 2.75) is 26.2 Å². The third-order valence-electron chi connectivity index (χ3n) is 2.95. The van der Waals surface area contributed by atoms with E-state index in [0.29, 0.717) is 0 Å². The second-order valence-corrected chi connectivity index (χ2v) is 4.01. The molecule has 1 rings (SSSR count). The van der Waals surface area contributed by atoms with Crippen molar-refractivity contribution in [3.05, 3.63) is 35.9 Å². The van der Waals surface area contributed by atoms with Crippen molar-refractivity contribution in [2.75, 3.05) is 0 Å². The van der Waals surface area contributed by atoms with Crippen LogP contribution in [0, 0.1) is 5.92 Å². The van der Waals surface area contributed by atoms with Gasteiger partial charge in [-0.25, -0.2) is 0 Å². The molecule has 0 saturated heterocycles. The number of hydrogen-bond donors (Lipinski definition) is 0. The molecule has 0 fully saturated rings. The molecule has 0 saturated carbocycles. The van der Waals surface area contributed by atoms with Gasteiger partial charge in [0.05, 0.1) is 5.97 Å². The van der Waals surface area contributed by atoms with Crippen LogP contribution in [-0.2, 0) is 10.2 Å². The Bertz CT molecular complexity index is 322. The van der Waals surface area contributed by atoms with Crippen molar-refractivity contribution in [2.24, 2.45) is 5.92 Å². The van der Waals surface area contributed by atoms with Gasteiger partial charge in [0, 0.05) is 5.41 Å². The fourth-order valence-corrected chi connectivity index (χ4v) is 1.47. The molecule has 2 nitrogen and oxygen atoms in total. The van der Waals surface area contributed by atoms with Gasteiger partial charge < -0.3 is 9.90 Å². The maximum atomic E-state index is 11.2. The number of hydrogen-bond acceptors (Lipinski definition) is 2. The average molecular weight is 230 g/mol. The largest absolute Gasteiger partial charge is 1.00 e. The standard InChI is InChI=1S/C12H16O2.K/c1-9(2)12(3,11(13)14)10-7-5-4-6-8-10;/h4-9H,1-3H3,(H,13,14);/q;+1/p-1. The summed E-state index contributed by atoms with van der Waals surface area (Å²) in [5, 5.41) is 11.2. The fraction of sp³-hybridized carbons (Fsp3) is 0.417. The van der Waals surface area contributed by atoms with Crippen LogP contribution in [0.15, 0.2) is 30.3 Å². The van der Waals surface area contributed by atoms with E-state index in [0.717, 1.165) is 5.56 Å². The predicted molar refractivity (Wildman–Crippen MR) is 53.6 cm³/mol. The van der Waals surface area contributed by atoms with Crippen LogP contribution in [0.3, 0.4) is 0 Å². The molecule has 0 aliphatic heterocycles. The quantitative estimate of drug-likeness (QED) is 0.584. The van der Waals surface area contributed by atoms with E-state index in [4.69, 9.17) is 0 Å². The number of rotatable bonds is 3. The Morgan fingerprint density at radius 3 is 2.07 bits per heavy atom. The maximum absolute atomic E-state index is 11.2. The molecule has 0 N–H and O–H groups in total. The Labute approximate surface area is 133 Å². The molecule has 0 bridgehead atoms. The Balaban J connectivity index is 0.00000196. The summed E-state index contributed by atoms with van der Waals surface area (Å²) in [6, 6.07) is 9.23. The van der Waals surface area contributed by atoms with Crippen LogP contribution in [0.2, 0.25) is 0 Å². The van der Waals surface area contributed by atoms with Gasteiger partial charge >= 0.3 is 51.4 Å². The molecule has 0 aromatic heterocycles. The van der Waals surface area contributed by atoms with Crippen molar-refractivity contribution >= 4 is 5.97 Å². The van der Waals surface area contributed by atoms with Crippen LogP contribution < -0.4 is 56.5 Å². The zero-order valence-corrected chi connectivity index (χ0v) is 12.9. The Morgan fingerprint density at radius 2 is 1.73 bits per heavy atom. The first kappa shape index (κ1) is 15.3. The molecule has 1 atom stereocenters. The minimum absolute atomic E-state index is 0. The Hall–Kier alpha value is 0.326. The van der Waals surface area contributed by atoms with Gasteiger partial charge in [0.1, 0.15) is 0 Å². The first-order valence-electron chi connectivity index (χ1n) is 4.76. The number of benzene rings is 1. The van der Waals surface area contributed by atoms with Crippen LogP contribution in [0.1, 0.15) is 26.3 Å². The Kier molecular flexibility index (Phi) is 6.29. The Morgan fingerprint density at radius 1 is 1.27 bits per heavy atom. The van der Waals surface area contributed by atoms with Crippen molar-refractivity contribution in [3.63, 3.8) is 0 Å². The van der Waals surface area contributed by atoms with E-state index in [2.05, 4.69) is 0 Å². The molecule has 0 radical (unpaired) electrons. The predicted octanol–water partition coefficient (Wildman–Crippen LogP) is -1.65. The minimum Gasteiger partial charge on any atom is -0.549 e. The second kappa shape index (κ2) is 6.16. The van der Waals surface area contributed by atoms with Crippen LogP contribution in [0.4, 0.5) is 0 Å². The molecule has 76 valence electrons. The van der Waals surface area contributed by atoms with E-state index in [-0.39, 0.29) is 57.3 Å². The van der Waals surface area contributed by atoms with Crippen molar-refractivity contribution in [1.29, 1.82) is 0 Å². The number of carbonyl (C=O) groups excluding carboxylic acids is 1. The van der Waals surface area contributed by atoms with Gasteiger partial charge in [-0.15, -0.1) is 0 Å². The molecule has 0 spiro atoms. The smallest absolute Gasteiger partial charge is 0.549 e. The zero-order valence-electron chi connectivity index (χ0n) is 9.78. The van der Waals surface area contributed by atoms with Gasteiger partial charge in [-0.05, 0) is 18.4 Å². The van der Waals surface area contributed by atoms with Gasteiger partial charge in [-0.1, -0.05) is 44.2 Å². The molecule has 1 aromatic rings. The van der Waals surface area contributed by atoms with Gasteiger partial charge in [0.15, 0.2) is 0 Å². The summed E-state index contributed by atoms with van der Waals surface area (Å²) < 4.78 is 0. The summed E-state index contributed by atoms with van der Waals surface area (Å²) in [6.07, 6.45) is 0. The van der Waals surface area contributed by atoms with Crippen molar-refractivity contribution < 1.29 is 61.3 Å². The van der Waals surface area contributed by atoms with E-state index in [1.807, 2.05) is 44.2 Å². The molecule has 15 heavy (non-hydrogen) atoms. The van der Waals surface area contributed by atoms with E-state index >= 15 is 0 Å². The summed E-state index contributed by atoms with van der Waals surface area (Å²) in [7, 11) is 0. The number of carboxylic acid groups (broad SMARTS) is 1. The molecule has 0 amide bonds. The molecular formula is C12H15KO2. The summed E-state index contributed by atoms with van der Waals surface area (Å²) in [4.78, 5) is 11.2. The van der Waals surface area contributed by atoms with Crippen LogP contribution in [0.5, 0.6) is 0 Å². The average Bonchev–Trinajstić information content (AvgIpc) is 2.17. The van der Waals surface area contributed by atoms with E-state index in [9.17, 15) is 9.90 Å². The molecule has 0 aliphatic rings. The fourth-order valence-electron chi connectivity index (χ4n) is 1.47. The molecule has 1 aromatic carbocycles. The molecular weight excluding hydrogens is 215 g/mol. The third kappa shape index (κ3) is 3.14. The molecule has 3 heteroatoms. The number of carbonyl (C=O) groups is 1. The van der Waals surface area contributed by atoms with Gasteiger partial charge in [0.25, 0.3) is 0 Å². The third-order valence-corrected chi connectivity index (χ3v) is 2.95. The number of aliphatic carboxylic acids is 1. The monoisotopic (exact) mass is 230 g/mol. The first-order valence-corrected chi connectivity index (χ1v) is 4.76. The summed E-state index contributed by atoms with van der Waals surface area (Å²) >= 11 is 0. The number of carboxylic acids is 1. The first-order chi connectivity index (χ1) is 6.49. The second-order valence-electron chi connectivity index (χ2n) is 4.01. The van der Waals surface area contributed by atoms with E-state index in [1.165, 1.54) is 0 Å². The minimum atomic E-state index is -1.02. The summed E-state index contributed by atoms with van der Waals surface area (Å²) in [6.45, 7) is 5.49. The van der Waals surface area contributed by atoms with Gasteiger partial charge in [0.2, 0.25) is 0 Å². The van der Waals surface area contributed by atoms with Gasteiger partial charge in [-0.3, -0.25) is 0 Å². The normalized spacial score (nSPS) is 14.1. The zero-order chi connectivity index (χ0) is 10.8.